The second-order valence-corrected chi connectivity index (χ2v) is 4.69. The molecule has 0 amide bonds. The molecule has 0 unspecified atom stereocenters. The molecule has 2 aromatic rings. The highest BCUT2D eigenvalue weighted by molar-refractivity contribution is 6.33. The van der Waals surface area contributed by atoms with Gasteiger partial charge in [0.2, 0.25) is 0 Å². The molecule has 0 saturated carbocycles. The summed E-state index contributed by atoms with van der Waals surface area (Å²) in [4.78, 5) is 0. The van der Waals surface area contributed by atoms with Crippen molar-refractivity contribution in [2.24, 2.45) is 0 Å². The van der Waals surface area contributed by atoms with Crippen LogP contribution in [0.3, 0.4) is 0 Å². The standard InChI is InChI=1S/C16H18ClNO2/c1-19-10-11-20-16-9-5-2-6-13(16)12-18-15-8-4-3-7-14(15)17/h2-9,18H,10-12H2,1H3. The number of ether oxygens (including phenoxy) is 2. The lowest BCUT2D eigenvalue weighted by molar-refractivity contribution is 0.146. The summed E-state index contributed by atoms with van der Waals surface area (Å²) in [6, 6.07) is 15.6. The minimum absolute atomic E-state index is 0.541. The molecule has 3 nitrogen and oxygen atoms in total. The molecule has 0 aliphatic carbocycles. The molecule has 2 rings (SSSR count). The van der Waals surface area contributed by atoms with E-state index in [-0.39, 0.29) is 0 Å². The van der Waals surface area contributed by atoms with Crippen LogP contribution < -0.4 is 10.1 Å². The van der Waals surface area contributed by atoms with Crippen molar-refractivity contribution in [3.05, 3.63) is 59.1 Å². The Hall–Kier alpha value is -1.71. The third-order valence-corrected chi connectivity index (χ3v) is 3.19. The molecule has 0 fully saturated rings. The molecular weight excluding hydrogens is 274 g/mol. The van der Waals surface area contributed by atoms with Crippen molar-refractivity contribution in [3.63, 3.8) is 0 Å². The maximum absolute atomic E-state index is 6.12. The summed E-state index contributed by atoms with van der Waals surface area (Å²) in [7, 11) is 1.66. The molecule has 20 heavy (non-hydrogen) atoms. The van der Waals surface area contributed by atoms with Crippen molar-refractivity contribution in [2.45, 2.75) is 6.54 Å². The normalized spacial score (nSPS) is 10.3. The Morgan fingerprint density at radius 3 is 2.55 bits per heavy atom. The average molecular weight is 292 g/mol. The van der Waals surface area contributed by atoms with Crippen molar-refractivity contribution in [2.75, 3.05) is 25.6 Å². The molecule has 106 valence electrons. The number of hydrogen-bond acceptors (Lipinski definition) is 3. The highest BCUT2D eigenvalue weighted by atomic mass is 35.5. The first-order valence-electron chi connectivity index (χ1n) is 6.49. The van der Waals surface area contributed by atoms with E-state index >= 15 is 0 Å². The number of halogens is 1. The Labute approximate surface area is 124 Å². The highest BCUT2D eigenvalue weighted by Crippen LogP contribution is 2.23. The summed E-state index contributed by atoms with van der Waals surface area (Å²) in [6.45, 7) is 1.78. The van der Waals surface area contributed by atoms with Gasteiger partial charge in [-0.05, 0) is 18.2 Å². The molecular formula is C16H18ClNO2. The molecule has 0 spiro atoms. The molecule has 0 atom stereocenters. The zero-order valence-electron chi connectivity index (χ0n) is 11.4. The van der Waals surface area contributed by atoms with Crippen LogP contribution in [0.15, 0.2) is 48.5 Å². The van der Waals surface area contributed by atoms with Crippen LogP contribution in [0.2, 0.25) is 5.02 Å². The van der Waals surface area contributed by atoms with E-state index in [1.54, 1.807) is 7.11 Å². The first-order valence-corrected chi connectivity index (χ1v) is 6.87. The molecule has 4 heteroatoms. The number of para-hydroxylation sites is 2. The number of anilines is 1. The molecule has 0 aromatic heterocycles. The van der Waals surface area contributed by atoms with E-state index in [2.05, 4.69) is 5.32 Å². The van der Waals surface area contributed by atoms with Gasteiger partial charge in [0.1, 0.15) is 12.4 Å². The van der Waals surface area contributed by atoms with E-state index in [1.165, 1.54) is 0 Å². The number of hydrogen-bond donors (Lipinski definition) is 1. The summed E-state index contributed by atoms with van der Waals surface area (Å²) in [5.74, 6) is 0.865. The quantitative estimate of drug-likeness (QED) is 0.783. The third kappa shape index (κ3) is 4.15. The Balaban J connectivity index is 2.00. The van der Waals surface area contributed by atoms with Gasteiger partial charge < -0.3 is 14.8 Å². The predicted molar refractivity (Wildman–Crippen MR) is 82.6 cm³/mol. The smallest absolute Gasteiger partial charge is 0.124 e. The van der Waals surface area contributed by atoms with E-state index < -0.39 is 0 Å². The lowest BCUT2D eigenvalue weighted by atomic mass is 10.2. The number of benzene rings is 2. The van der Waals surface area contributed by atoms with Crippen LogP contribution in [-0.2, 0) is 11.3 Å². The Morgan fingerprint density at radius 1 is 1.00 bits per heavy atom. The van der Waals surface area contributed by atoms with E-state index in [9.17, 15) is 0 Å². The Kier molecular flexibility index (Phi) is 5.71. The topological polar surface area (TPSA) is 30.5 Å². The van der Waals surface area contributed by atoms with Gasteiger partial charge in [-0.1, -0.05) is 41.9 Å². The molecule has 0 saturated heterocycles. The second-order valence-electron chi connectivity index (χ2n) is 4.28. The highest BCUT2D eigenvalue weighted by Gasteiger charge is 2.04. The summed E-state index contributed by atoms with van der Waals surface area (Å²) < 4.78 is 10.7. The van der Waals surface area contributed by atoms with Gasteiger partial charge in [-0.3, -0.25) is 0 Å². The zero-order valence-corrected chi connectivity index (χ0v) is 12.2. The van der Waals surface area contributed by atoms with Gasteiger partial charge in [-0.25, -0.2) is 0 Å². The molecule has 2 aromatic carbocycles. The fourth-order valence-corrected chi connectivity index (χ4v) is 2.02. The molecule has 1 N–H and O–H groups in total. The molecule has 0 heterocycles. The van der Waals surface area contributed by atoms with Crippen LogP contribution in [-0.4, -0.2) is 20.3 Å². The summed E-state index contributed by atoms with van der Waals surface area (Å²) >= 11 is 6.12. The van der Waals surface area contributed by atoms with E-state index in [1.807, 2.05) is 48.5 Å². The van der Waals surface area contributed by atoms with Gasteiger partial charge in [0.15, 0.2) is 0 Å². The van der Waals surface area contributed by atoms with Gasteiger partial charge in [-0.2, -0.15) is 0 Å². The maximum Gasteiger partial charge on any atom is 0.124 e. The fourth-order valence-electron chi connectivity index (χ4n) is 1.82. The van der Waals surface area contributed by atoms with Gasteiger partial charge in [0.25, 0.3) is 0 Å². The van der Waals surface area contributed by atoms with Crippen molar-refractivity contribution >= 4 is 17.3 Å². The van der Waals surface area contributed by atoms with E-state index in [0.717, 1.165) is 17.0 Å². The predicted octanol–water partition coefficient (Wildman–Crippen LogP) is 3.98. The SMILES string of the molecule is COCCOc1ccccc1CNc1ccccc1Cl. The van der Waals surface area contributed by atoms with Gasteiger partial charge in [-0.15, -0.1) is 0 Å². The summed E-state index contributed by atoms with van der Waals surface area (Å²) in [5, 5.41) is 4.03. The van der Waals surface area contributed by atoms with Crippen molar-refractivity contribution in [1.82, 2.24) is 0 Å². The largest absolute Gasteiger partial charge is 0.491 e. The monoisotopic (exact) mass is 291 g/mol. The maximum atomic E-state index is 6.12. The van der Waals surface area contributed by atoms with Crippen LogP contribution in [0.25, 0.3) is 0 Å². The fraction of sp³-hybridized carbons (Fsp3) is 0.250. The van der Waals surface area contributed by atoms with Crippen molar-refractivity contribution < 1.29 is 9.47 Å². The van der Waals surface area contributed by atoms with E-state index in [4.69, 9.17) is 21.1 Å². The van der Waals surface area contributed by atoms with Gasteiger partial charge in [0, 0.05) is 19.2 Å². The Bertz CT molecular complexity index is 546. The van der Waals surface area contributed by atoms with Crippen LogP contribution in [0, 0.1) is 0 Å². The first kappa shape index (κ1) is 14.7. The van der Waals surface area contributed by atoms with Gasteiger partial charge >= 0.3 is 0 Å². The summed E-state index contributed by atoms with van der Waals surface area (Å²) in [5.41, 5.74) is 2.00. The summed E-state index contributed by atoms with van der Waals surface area (Å²) in [6.07, 6.45) is 0. The second kappa shape index (κ2) is 7.78. The van der Waals surface area contributed by atoms with Crippen molar-refractivity contribution in [1.29, 1.82) is 0 Å². The number of rotatable bonds is 7. The molecule has 0 aliphatic heterocycles. The lowest BCUT2D eigenvalue weighted by Crippen LogP contribution is -2.07. The van der Waals surface area contributed by atoms with Crippen LogP contribution in [0.5, 0.6) is 5.75 Å². The van der Waals surface area contributed by atoms with Crippen LogP contribution in [0.4, 0.5) is 5.69 Å². The minimum Gasteiger partial charge on any atom is -0.491 e. The van der Waals surface area contributed by atoms with E-state index in [0.29, 0.717) is 24.8 Å². The number of methoxy groups -OCH3 is 1. The van der Waals surface area contributed by atoms with Crippen molar-refractivity contribution in [3.8, 4) is 5.75 Å². The molecule has 0 radical (unpaired) electrons. The third-order valence-electron chi connectivity index (χ3n) is 2.86. The average Bonchev–Trinajstić information content (AvgIpc) is 2.48. The number of nitrogens with one attached hydrogen (secondary N) is 1. The van der Waals surface area contributed by atoms with Gasteiger partial charge in [0.05, 0.1) is 17.3 Å². The molecule has 0 bridgehead atoms. The minimum atomic E-state index is 0.541. The van der Waals surface area contributed by atoms with Crippen LogP contribution >= 0.6 is 11.6 Å². The van der Waals surface area contributed by atoms with Crippen LogP contribution in [0.1, 0.15) is 5.56 Å². The Morgan fingerprint density at radius 2 is 1.75 bits per heavy atom. The first-order chi connectivity index (χ1) is 9.81. The lowest BCUT2D eigenvalue weighted by Gasteiger charge is -2.13. The zero-order chi connectivity index (χ0) is 14.2. The molecule has 0 aliphatic rings.